The lowest BCUT2D eigenvalue weighted by atomic mass is 10.2. The van der Waals surface area contributed by atoms with E-state index < -0.39 is 10.9 Å². The monoisotopic (exact) mass is 307 g/mol. The predicted molar refractivity (Wildman–Crippen MR) is 77.3 cm³/mol. The summed E-state index contributed by atoms with van der Waals surface area (Å²) >= 11 is 5.98. The number of carbonyl (C=O) groups is 1. The van der Waals surface area contributed by atoms with E-state index in [1.807, 2.05) is 0 Å². The van der Waals surface area contributed by atoms with Crippen molar-refractivity contribution in [1.82, 2.24) is 4.98 Å². The molecule has 21 heavy (non-hydrogen) atoms. The maximum Gasteiger partial charge on any atom is 0.335 e. The van der Waals surface area contributed by atoms with Gasteiger partial charge in [-0.15, -0.1) is 0 Å². The van der Waals surface area contributed by atoms with E-state index in [4.69, 9.17) is 16.7 Å². The number of hydrogen-bond acceptors (Lipinski definition) is 5. The standard InChI is InChI=1S/C13H10ClN3O4/c1-7-4-12(15-6-11(7)17(20)21)16-10-3-2-8(13(18)19)5-9(10)14/h2-6H,1H3,(H,15,16)(H,18,19). The molecule has 0 aliphatic heterocycles. The van der Waals surface area contributed by atoms with Gasteiger partial charge in [-0.1, -0.05) is 11.6 Å². The first-order valence-corrected chi connectivity index (χ1v) is 6.17. The molecule has 0 saturated heterocycles. The highest BCUT2D eigenvalue weighted by Crippen LogP contribution is 2.27. The van der Waals surface area contributed by atoms with Crippen LogP contribution >= 0.6 is 11.6 Å². The number of rotatable bonds is 4. The number of halogens is 1. The summed E-state index contributed by atoms with van der Waals surface area (Å²) in [5.74, 6) is -0.698. The largest absolute Gasteiger partial charge is 0.478 e. The Hall–Kier alpha value is -2.67. The third-order valence-electron chi connectivity index (χ3n) is 2.76. The molecular weight excluding hydrogens is 298 g/mol. The minimum absolute atomic E-state index is 0.0680. The van der Waals surface area contributed by atoms with Crippen LogP contribution in [0.25, 0.3) is 0 Å². The first-order valence-electron chi connectivity index (χ1n) is 5.79. The Balaban J connectivity index is 2.28. The molecule has 108 valence electrons. The van der Waals surface area contributed by atoms with Crippen molar-refractivity contribution >= 4 is 34.8 Å². The highest BCUT2D eigenvalue weighted by Gasteiger charge is 2.12. The molecule has 0 aliphatic rings. The zero-order chi connectivity index (χ0) is 15.6. The van der Waals surface area contributed by atoms with Crippen molar-refractivity contribution in [2.75, 3.05) is 5.32 Å². The van der Waals surface area contributed by atoms with Gasteiger partial charge in [0.1, 0.15) is 12.0 Å². The lowest BCUT2D eigenvalue weighted by Crippen LogP contribution is -2.00. The fourth-order valence-corrected chi connectivity index (χ4v) is 1.92. The number of hydrogen-bond donors (Lipinski definition) is 2. The SMILES string of the molecule is Cc1cc(Nc2ccc(C(=O)O)cc2Cl)ncc1[N+](=O)[O-]. The summed E-state index contributed by atoms with van der Waals surface area (Å²) in [5, 5.41) is 22.7. The molecule has 2 N–H and O–H groups in total. The third-order valence-corrected chi connectivity index (χ3v) is 3.07. The molecule has 1 aromatic heterocycles. The van der Waals surface area contributed by atoms with Crippen LogP contribution in [0.4, 0.5) is 17.2 Å². The van der Waals surface area contributed by atoms with Crippen molar-refractivity contribution in [3.8, 4) is 0 Å². The average molecular weight is 308 g/mol. The maximum absolute atomic E-state index is 10.8. The summed E-state index contributed by atoms with van der Waals surface area (Å²) in [6.45, 7) is 1.60. The topological polar surface area (TPSA) is 105 Å². The van der Waals surface area contributed by atoms with Crippen LogP contribution in [0.5, 0.6) is 0 Å². The van der Waals surface area contributed by atoms with Gasteiger partial charge in [-0.25, -0.2) is 9.78 Å². The number of aromatic carboxylic acids is 1. The number of anilines is 2. The van der Waals surface area contributed by atoms with E-state index in [1.165, 1.54) is 24.3 Å². The molecule has 0 bridgehead atoms. The van der Waals surface area contributed by atoms with Crippen LogP contribution in [0.2, 0.25) is 5.02 Å². The number of aryl methyl sites for hydroxylation is 1. The highest BCUT2D eigenvalue weighted by atomic mass is 35.5. The van der Waals surface area contributed by atoms with Crippen molar-refractivity contribution < 1.29 is 14.8 Å². The number of pyridine rings is 1. The van der Waals surface area contributed by atoms with Gasteiger partial charge in [-0.05, 0) is 31.2 Å². The van der Waals surface area contributed by atoms with E-state index >= 15 is 0 Å². The van der Waals surface area contributed by atoms with Crippen LogP contribution < -0.4 is 5.32 Å². The fourth-order valence-electron chi connectivity index (χ4n) is 1.70. The minimum Gasteiger partial charge on any atom is -0.478 e. The molecule has 0 radical (unpaired) electrons. The van der Waals surface area contributed by atoms with Crippen molar-refractivity contribution in [1.29, 1.82) is 0 Å². The lowest BCUT2D eigenvalue weighted by molar-refractivity contribution is -0.385. The van der Waals surface area contributed by atoms with Gasteiger partial charge in [0.25, 0.3) is 5.69 Å². The number of nitro groups is 1. The van der Waals surface area contributed by atoms with Crippen molar-refractivity contribution in [2.24, 2.45) is 0 Å². The molecular formula is C13H10ClN3O4. The molecule has 8 heteroatoms. The third kappa shape index (κ3) is 3.26. The molecule has 7 nitrogen and oxygen atoms in total. The normalized spacial score (nSPS) is 10.2. The molecule has 0 spiro atoms. The lowest BCUT2D eigenvalue weighted by Gasteiger charge is -2.09. The van der Waals surface area contributed by atoms with E-state index in [-0.39, 0.29) is 16.3 Å². The quantitative estimate of drug-likeness (QED) is 0.662. The predicted octanol–water partition coefficient (Wildman–Crippen LogP) is 3.39. The molecule has 1 aromatic carbocycles. The smallest absolute Gasteiger partial charge is 0.335 e. The molecule has 2 rings (SSSR count). The van der Waals surface area contributed by atoms with Gasteiger partial charge in [0.2, 0.25) is 0 Å². The van der Waals surface area contributed by atoms with Gasteiger partial charge in [0.05, 0.1) is 21.2 Å². The number of carboxylic acids is 1. The van der Waals surface area contributed by atoms with E-state index in [0.29, 0.717) is 17.1 Å². The Morgan fingerprint density at radius 3 is 2.67 bits per heavy atom. The van der Waals surface area contributed by atoms with Crippen molar-refractivity contribution in [3.63, 3.8) is 0 Å². The number of benzene rings is 1. The maximum atomic E-state index is 10.8. The van der Waals surface area contributed by atoms with E-state index in [1.54, 1.807) is 6.92 Å². The van der Waals surface area contributed by atoms with Gasteiger partial charge in [-0.3, -0.25) is 10.1 Å². The summed E-state index contributed by atoms with van der Waals surface area (Å²) in [6.07, 6.45) is 1.15. The Bertz CT molecular complexity index is 733. The van der Waals surface area contributed by atoms with Crippen LogP contribution in [-0.2, 0) is 0 Å². The first kappa shape index (κ1) is 14.7. The molecule has 0 amide bonds. The Morgan fingerprint density at radius 1 is 1.43 bits per heavy atom. The van der Waals surface area contributed by atoms with Crippen LogP contribution in [0.3, 0.4) is 0 Å². The molecule has 0 saturated carbocycles. The Labute approximate surface area is 124 Å². The summed E-state index contributed by atoms with van der Waals surface area (Å²) in [7, 11) is 0. The first-order chi connectivity index (χ1) is 9.88. The number of aromatic nitrogens is 1. The summed E-state index contributed by atoms with van der Waals surface area (Å²) < 4.78 is 0. The summed E-state index contributed by atoms with van der Waals surface area (Å²) in [6, 6.07) is 5.73. The van der Waals surface area contributed by atoms with Crippen molar-refractivity contribution in [2.45, 2.75) is 6.92 Å². The Morgan fingerprint density at radius 2 is 2.14 bits per heavy atom. The van der Waals surface area contributed by atoms with E-state index in [9.17, 15) is 14.9 Å². The van der Waals surface area contributed by atoms with Gasteiger partial charge < -0.3 is 10.4 Å². The zero-order valence-corrected chi connectivity index (χ0v) is 11.6. The summed E-state index contributed by atoms with van der Waals surface area (Å²) in [4.78, 5) is 24.9. The van der Waals surface area contributed by atoms with Crippen LogP contribution in [0.15, 0.2) is 30.5 Å². The number of carboxylic acid groups (broad SMARTS) is 1. The molecule has 0 fully saturated rings. The summed E-state index contributed by atoms with van der Waals surface area (Å²) in [5.41, 5.74) is 0.907. The molecule has 2 aromatic rings. The number of nitrogens with one attached hydrogen (secondary N) is 1. The van der Waals surface area contributed by atoms with Crippen LogP contribution in [0, 0.1) is 17.0 Å². The minimum atomic E-state index is -1.08. The second-order valence-corrected chi connectivity index (χ2v) is 4.65. The molecule has 0 atom stereocenters. The molecule has 0 unspecified atom stereocenters. The second kappa shape index (κ2) is 5.76. The number of nitrogens with zero attached hydrogens (tertiary/aromatic N) is 2. The average Bonchev–Trinajstić information content (AvgIpc) is 2.40. The second-order valence-electron chi connectivity index (χ2n) is 4.24. The van der Waals surface area contributed by atoms with Gasteiger partial charge in [-0.2, -0.15) is 0 Å². The van der Waals surface area contributed by atoms with Gasteiger partial charge in [0.15, 0.2) is 0 Å². The van der Waals surface area contributed by atoms with E-state index in [2.05, 4.69) is 10.3 Å². The van der Waals surface area contributed by atoms with E-state index in [0.717, 1.165) is 6.20 Å². The van der Waals surface area contributed by atoms with Crippen LogP contribution in [-0.4, -0.2) is 21.0 Å². The Kier molecular flexibility index (Phi) is 4.04. The fraction of sp³-hybridized carbons (Fsp3) is 0.0769. The van der Waals surface area contributed by atoms with Crippen molar-refractivity contribution in [3.05, 3.63) is 56.7 Å². The van der Waals surface area contributed by atoms with Gasteiger partial charge >= 0.3 is 5.97 Å². The van der Waals surface area contributed by atoms with Crippen LogP contribution in [0.1, 0.15) is 15.9 Å². The highest BCUT2D eigenvalue weighted by molar-refractivity contribution is 6.33. The van der Waals surface area contributed by atoms with Gasteiger partial charge in [0, 0.05) is 5.56 Å². The zero-order valence-electron chi connectivity index (χ0n) is 10.8. The molecule has 0 aliphatic carbocycles. The molecule has 1 heterocycles.